The Morgan fingerprint density at radius 2 is 1.97 bits per heavy atom. The molecule has 4 atom stereocenters. The zero-order chi connectivity index (χ0) is 20.6. The predicted octanol–water partition coefficient (Wildman–Crippen LogP) is 5.74. The second-order valence-corrected chi connectivity index (χ2v) is 10.2. The quantitative estimate of drug-likeness (QED) is 0.630. The van der Waals surface area contributed by atoms with Crippen molar-refractivity contribution in [2.24, 2.45) is 23.2 Å². The summed E-state index contributed by atoms with van der Waals surface area (Å²) in [6.45, 7) is 8.73. The summed E-state index contributed by atoms with van der Waals surface area (Å²) in [5.74, 6) is 0.971. The number of halogens is 2. The van der Waals surface area contributed by atoms with Crippen LogP contribution in [0.25, 0.3) is 0 Å². The molecule has 0 amide bonds. The van der Waals surface area contributed by atoms with E-state index in [4.69, 9.17) is 0 Å². The maximum absolute atomic E-state index is 12.7. The lowest BCUT2D eigenvalue weighted by Crippen LogP contribution is -2.50. The van der Waals surface area contributed by atoms with Crippen LogP contribution in [0.5, 0.6) is 0 Å². The topological polar surface area (TPSA) is 23.5 Å². The van der Waals surface area contributed by atoms with Crippen molar-refractivity contribution in [2.75, 3.05) is 19.6 Å². The lowest BCUT2D eigenvalue weighted by Gasteiger charge is -2.44. The van der Waals surface area contributed by atoms with E-state index in [1.807, 2.05) is 0 Å². The van der Waals surface area contributed by atoms with Crippen LogP contribution >= 0.6 is 0 Å². The number of hydrogen-bond acceptors (Lipinski definition) is 2. The minimum atomic E-state index is -2.15. The molecule has 1 aliphatic heterocycles. The Balaban J connectivity index is 1.38. The first-order valence-corrected chi connectivity index (χ1v) is 11.7. The molecule has 3 unspecified atom stereocenters. The fraction of sp³-hybridized carbons (Fsp3) is 0.760. The smallest absolute Gasteiger partial charge is 0.243 e. The molecule has 1 N–H and O–H groups in total. The van der Waals surface area contributed by atoms with Crippen LogP contribution < -0.4 is 0 Å². The summed E-state index contributed by atoms with van der Waals surface area (Å²) in [7, 11) is 0. The van der Waals surface area contributed by atoms with Crippen molar-refractivity contribution in [3.8, 4) is 0 Å². The van der Waals surface area contributed by atoms with Crippen LogP contribution in [-0.2, 0) is 0 Å². The summed E-state index contributed by atoms with van der Waals surface area (Å²) in [6.07, 6.45) is 12.4. The molecule has 2 nitrogen and oxygen atoms in total. The average Bonchev–Trinajstić information content (AvgIpc) is 2.98. The SMILES string of the molecule is C=C1/C(=C\C=C2/CCCC3(C)C2CC[C@@H]3CCN2CC(C(F)F)C2)CCCC1O. The molecule has 0 radical (unpaired) electrons. The van der Waals surface area contributed by atoms with Gasteiger partial charge in [-0.2, -0.15) is 0 Å². The second kappa shape index (κ2) is 8.63. The van der Waals surface area contributed by atoms with Gasteiger partial charge in [-0.15, -0.1) is 0 Å². The van der Waals surface area contributed by atoms with E-state index in [2.05, 4.69) is 30.6 Å². The van der Waals surface area contributed by atoms with E-state index in [-0.39, 0.29) is 6.10 Å². The number of alkyl halides is 2. The highest BCUT2D eigenvalue weighted by molar-refractivity contribution is 5.37. The van der Waals surface area contributed by atoms with Gasteiger partial charge in [0.1, 0.15) is 0 Å². The summed E-state index contributed by atoms with van der Waals surface area (Å²) in [5, 5.41) is 10.1. The molecule has 29 heavy (non-hydrogen) atoms. The summed E-state index contributed by atoms with van der Waals surface area (Å²) >= 11 is 0. The van der Waals surface area contributed by atoms with Gasteiger partial charge in [0.25, 0.3) is 0 Å². The molecule has 0 bridgehead atoms. The molecule has 0 spiro atoms. The van der Waals surface area contributed by atoms with E-state index >= 15 is 0 Å². The van der Waals surface area contributed by atoms with Gasteiger partial charge < -0.3 is 10.0 Å². The van der Waals surface area contributed by atoms with Gasteiger partial charge >= 0.3 is 0 Å². The molecule has 4 aliphatic rings. The van der Waals surface area contributed by atoms with Crippen molar-refractivity contribution in [2.45, 2.75) is 77.2 Å². The van der Waals surface area contributed by atoms with Crippen LogP contribution in [0.4, 0.5) is 8.78 Å². The van der Waals surface area contributed by atoms with E-state index in [0.29, 0.717) is 30.3 Å². The Morgan fingerprint density at radius 3 is 2.72 bits per heavy atom. The summed E-state index contributed by atoms with van der Waals surface area (Å²) in [4.78, 5) is 2.22. The maximum atomic E-state index is 12.7. The second-order valence-electron chi connectivity index (χ2n) is 10.2. The average molecular weight is 406 g/mol. The van der Waals surface area contributed by atoms with E-state index in [1.165, 1.54) is 37.7 Å². The van der Waals surface area contributed by atoms with E-state index in [1.54, 1.807) is 5.57 Å². The number of aliphatic hydroxyl groups is 1. The summed E-state index contributed by atoms with van der Waals surface area (Å²) in [5.41, 5.74) is 4.08. The molecule has 0 aromatic heterocycles. The minimum Gasteiger partial charge on any atom is -0.388 e. The molecule has 3 aliphatic carbocycles. The zero-order valence-corrected chi connectivity index (χ0v) is 17.9. The van der Waals surface area contributed by atoms with Crippen molar-refractivity contribution in [1.29, 1.82) is 0 Å². The van der Waals surface area contributed by atoms with Crippen molar-refractivity contribution >= 4 is 0 Å². The molecule has 1 heterocycles. The first kappa shape index (κ1) is 21.2. The van der Waals surface area contributed by atoms with Crippen molar-refractivity contribution in [3.05, 3.63) is 35.5 Å². The van der Waals surface area contributed by atoms with Gasteiger partial charge in [0.15, 0.2) is 0 Å². The molecular formula is C25H37F2NO. The molecule has 4 fully saturated rings. The van der Waals surface area contributed by atoms with Crippen LogP contribution in [0.2, 0.25) is 0 Å². The first-order valence-electron chi connectivity index (χ1n) is 11.7. The number of allylic oxidation sites excluding steroid dienone is 3. The van der Waals surface area contributed by atoms with Crippen LogP contribution in [0.3, 0.4) is 0 Å². The van der Waals surface area contributed by atoms with Gasteiger partial charge in [-0.1, -0.05) is 31.2 Å². The van der Waals surface area contributed by atoms with Gasteiger partial charge in [-0.05, 0) is 92.7 Å². The predicted molar refractivity (Wildman–Crippen MR) is 114 cm³/mol. The fourth-order valence-corrected chi connectivity index (χ4v) is 6.54. The van der Waals surface area contributed by atoms with Crippen LogP contribution in [0, 0.1) is 23.2 Å². The number of hydrogen-bond donors (Lipinski definition) is 1. The fourth-order valence-electron chi connectivity index (χ4n) is 6.54. The first-order chi connectivity index (χ1) is 13.9. The summed E-state index contributed by atoms with van der Waals surface area (Å²) in [6, 6.07) is 0. The molecule has 4 rings (SSSR count). The molecule has 1 saturated heterocycles. The molecule has 162 valence electrons. The van der Waals surface area contributed by atoms with Crippen molar-refractivity contribution in [1.82, 2.24) is 4.90 Å². The van der Waals surface area contributed by atoms with Crippen LogP contribution in [0.1, 0.15) is 64.7 Å². The Morgan fingerprint density at radius 1 is 1.17 bits per heavy atom. The van der Waals surface area contributed by atoms with Crippen LogP contribution in [0.15, 0.2) is 35.5 Å². The number of likely N-dealkylation sites (tertiary alicyclic amines) is 1. The Kier molecular flexibility index (Phi) is 6.32. The normalized spacial score (nSPS) is 39.3. The maximum Gasteiger partial charge on any atom is 0.243 e. The highest BCUT2D eigenvalue weighted by Crippen LogP contribution is 2.58. The third-order valence-corrected chi connectivity index (χ3v) is 8.53. The molecule has 3 saturated carbocycles. The highest BCUT2D eigenvalue weighted by Gasteiger charge is 2.49. The van der Waals surface area contributed by atoms with Gasteiger partial charge in [0.2, 0.25) is 6.43 Å². The lowest BCUT2D eigenvalue weighted by molar-refractivity contribution is -0.0286. The third kappa shape index (κ3) is 4.25. The largest absolute Gasteiger partial charge is 0.388 e. The van der Waals surface area contributed by atoms with Gasteiger partial charge in [0.05, 0.1) is 6.10 Å². The Hall–Kier alpha value is -1.00. The molecule has 4 heteroatoms. The Labute approximate surface area is 174 Å². The van der Waals surface area contributed by atoms with E-state index in [0.717, 1.165) is 37.8 Å². The zero-order valence-electron chi connectivity index (χ0n) is 17.9. The molecule has 0 aromatic carbocycles. The van der Waals surface area contributed by atoms with Crippen LogP contribution in [-0.4, -0.2) is 42.2 Å². The standard InChI is InChI=1S/C25H37F2NO/c1-17-18(5-3-7-23(17)29)8-9-19-6-4-13-25(2)21(10-11-22(19)25)12-14-28-15-20(16-28)24(26)27/h8-9,20-24,29H,1,3-7,10-16H2,2H3/b18-8-,19-9+/t21-,22?,23?,25?/m1/s1. The van der Waals surface area contributed by atoms with Crippen molar-refractivity contribution in [3.63, 3.8) is 0 Å². The van der Waals surface area contributed by atoms with Gasteiger partial charge in [0, 0.05) is 19.0 Å². The number of aliphatic hydroxyl groups excluding tert-OH is 1. The lowest BCUT2D eigenvalue weighted by atomic mass is 9.63. The van der Waals surface area contributed by atoms with E-state index in [9.17, 15) is 13.9 Å². The highest BCUT2D eigenvalue weighted by atomic mass is 19.3. The minimum absolute atomic E-state index is 0.360. The van der Waals surface area contributed by atoms with Gasteiger partial charge in [-0.25, -0.2) is 8.78 Å². The molecular weight excluding hydrogens is 368 g/mol. The number of nitrogens with zero attached hydrogens (tertiary/aromatic N) is 1. The Bertz CT molecular complexity index is 678. The summed E-state index contributed by atoms with van der Waals surface area (Å²) < 4.78 is 25.4. The number of rotatable bonds is 5. The third-order valence-electron chi connectivity index (χ3n) is 8.53. The number of fused-ring (bicyclic) bond motifs is 1. The van der Waals surface area contributed by atoms with Gasteiger partial charge in [-0.3, -0.25) is 0 Å². The molecule has 0 aromatic rings. The monoisotopic (exact) mass is 405 g/mol. The van der Waals surface area contributed by atoms with Crippen molar-refractivity contribution < 1.29 is 13.9 Å². The van der Waals surface area contributed by atoms with E-state index < -0.39 is 12.3 Å².